The fraction of sp³-hybridized carbons (Fsp3) is 0.364. The summed E-state index contributed by atoms with van der Waals surface area (Å²) in [6, 6.07) is 12.6. The lowest BCUT2D eigenvalue weighted by Crippen LogP contribution is -2.41. The summed E-state index contributed by atoms with van der Waals surface area (Å²) in [5.41, 5.74) is 2.77. The topological polar surface area (TPSA) is 67.4 Å². The molecule has 27 heavy (non-hydrogen) atoms. The third-order valence-corrected chi connectivity index (χ3v) is 4.08. The zero-order chi connectivity index (χ0) is 20.2. The third kappa shape index (κ3) is 5.84. The maximum absolute atomic E-state index is 12.6. The Balaban J connectivity index is 2.10. The van der Waals surface area contributed by atoms with Crippen LogP contribution in [-0.2, 0) is 4.79 Å². The van der Waals surface area contributed by atoms with E-state index in [1.807, 2.05) is 52.8 Å². The average molecular weight is 368 g/mol. The van der Waals surface area contributed by atoms with Crippen molar-refractivity contribution in [2.24, 2.45) is 0 Å². The molecule has 2 rings (SSSR count). The highest BCUT2D eigenvalue weighted by atomic mass is 16.5. The van der Waals surface area contributed by atoms with Crippen LogP contribution >= 0.6 is 0 Å². The Morgan fingerprint density at radius 3 is 2.30 bits per heavy atom. The van der Waals surface area contributed by atoms with E-state index >= 15 is 0 Å². The zero-order valence-corrected chi connectivity index (χ0v) is 16.8. The second-order valence-corrected chi connectivity index (χ2v) is 7.75. The number of aryl methyl sites for hydroxylation is 2. The van der Waals surface area contributed by atoms with Crippen LogP contribution in [0.4, 0.5) is 5.69 Å². The van der Waals surface area contributed by atoms with E-state index in [4.69, 9.17) is 4.74 Å². The highest BCUT2D eigenvalue weighted by Gasteiger charge is 2.21. The molecule has 0 saturated carbocycles. The fourth-order valence-electron chi connectivity index (χ4n) is 2.48. The first-order valence-corrected chi connectivity index (χ1v) is 9.03. The minimum Gasteiger partial charge on any atom is -0.481 e. The Labute approximate surface area is 161 Å². The largest absolute Gasteiger partial charge is 0.481 e. The lowest BCUT2D eigenvalue weighted by molar-refractivity contribution is -0.122. The van der Waals surface area contributed by atoms with E-state index in [-0.39, 0.29) is 17.4 Å². The van der Waals surface area contributed by atoms with Crippen LogP contribution in [0.1, 0.15) is 49.2 Å². The van der Waals surface area contributed by atoms with Crippen LogP contribution in [-0.4, -0.2) is 23.5 Å². The van der Waals surface area contributed by atoms with Gasteiger partial charge in [-0.25, -0.2) is 0 Å². The van der Waals surface area contributed by atoms with Crippen molar-refractivity contribution in [3.8, 4) is 5.75 Å². The molecule has 5 nitrogen and oxygen atoms in total. The number of carbonyl (C=O) groups is 2. The van der Waals surface area contributed by atoms with Crippen molar-refractivity contribution >= 4 is 17.5 Å². The van der Waals surface area contributed by atoms with Gasteiger partial charge in [-0.2, -0.15) is 0 Å². The summed E-state index contributed by atoms with van der Waals surface area (Å²) in [6.07, 6.45) is -0.703. The number of hydrogen-bond donors (Lipinski definition) is 2. The second kappa shape index (κ2) is 8.25. The molecule has 0 heterocycles. The number of amides is 2. The summed E-state index contributed by atoms with van der Waals surface area (Å²) in [6.45, 7) is 11.4. The summed E-state index contributed by atoms with van der Waals surface area (Å²) in [4.78, 5) is 25.1. The van der Waals surface area contributed by atoms with Crippen LogP contribution in [0.15, 0.2) is 42.5 Å². The lowest BCUT2D eigenvalue weighted by atomic mass is 10.1. The molecular formula is C22H28N2O3. The monoisotopic (exact) mass is 368 g/mol. The molecule has 0 radical (unpaired) electrons. The molecule has 2 N–H and O–H groups in total. The molecule has 2 amide bonds. The predicted octanol–water partition coefficient (Wildman–Crippen LogP) is 4.24. The number of benzene rings is 2. The summed E-state index contributed by atoms with van der Waals surface area (Å²) in [5.74, 6) is 0.0879. The fourth-order valence-corrected chi connectivity index (χ4v) is 2.48. The van der Waals surface area contributed by atoms with Crippen molar-refractivity contribution in [2.75, 3.05) is 5.32 Å². The quantitative estimate of drug-likeness (QED) is 0.829. The molecule has 0 fully saturated rings. The number of nitrogens with one attached hydrogen (secondary N) is 2. The number of ether oxygens (including phenoxy) is 1. The minimum absolute atomic E-state index is 0.235. The normalized spacial score (nSPS) is 12.2. The van der Waals surface area contributed by atoms with E-state index < -0.39 is 6.10 Å². The third-order valence-electron chi connectivity index (χ3n) is 4.08. The molecule has 2 aromatic rings. The highest BCUT2D eigenvalue weighted by Crippen LogP contribution is 2.20. The SMILES string of the molecule is Cc1ccc(O[C@@H](C)C(=O)Nc2ccccc2C(=O)NC(C)(C)C)cc1C. The van der Waals surface area contributed by atoms with E-state index in [1.165, 1.54) is 5.56 Å². The smallest absolute Gasteiger partial charge is 0.265 e. The number of carbonyl (C=O) groups excluding carboxylic acids is 2. The predicted molar refractivity (Wildman–Crippen MR) is 108 cm³/mol. The van der Waals surface area contributed by atoms with Crippen LogP contribution in [0.5, 0.6) is 5.75 Å². The number of hydrogen-bond acceptors (Lipinski definition) is 3. The summed E-state index contributed by atoms with van der Waals surface area (Å²) in [7, 11) is 0. The summed E-state index contributed by atoms with van der Waals surface area (Å²) < 4.78 is 5.75. The Morgan fingerprint density at radius 2 is 1.67 bits per heavy atom. The van der Waals surface area contributed by atoms with Gasteiger partial charge in [-0.15, -0.1) is 0 Å². The van der Waals surface area contributed by atoms with Gasteiger partial charge in [0.15, 0.2) is 6.10 Å². The number of rotatable bonds is 5. The van der Waals surface area contributed by atoms with Crippen molar-refractivity contribution in [1.82, 2.24) is 5.32 Å². The van der Waals surface area contributed by atoms with Crippen LogP contribution in [0.25, 0.3) is 0 Å². The molecule has 2 aromatic carbocycles. The van der Waals surface area contributed by atoms with Gasteiger partial charge in [0.05, 0.1) is 11.3 Å². The summed E-state index contributed by atoms with van der Waals surface area (Å²) in [5, 5.41) is 5.71. The Bertz CT molecular complexity index is 838. The van der Waals surface area contributed by atoms with Crippen molar-refractivity contribution in [1.29, 1.82) is 0 Å². The average Bonchev–Trinajstić information content (AvgIpc) is 2.57. The number of para-hydroxylation sites is 1. The van der Waals surface area contributed by atoms with Gasteiger partial charge in [0.2, 0.25) is 0 Å². The molecule has 0 bridgehead atoms. The molecule has 144 valence electrons. The molecule has 0 saturated heterocycles. The summed E-state index contributed by atoms with van der Waals surface area (Å²) >= 11 is 0. The highest BCUT2D eigenvalue weighted by molar-refractivity contribution is 6.04. The molecule has 5 heteroatoms. The zero-order valence-electron chi connectivity index (χ0n) is 16.8. The van der Waals surface area contributed by atoms with Crippen molar-refractivity contribution in [3.05, 3.63) is 59.2 Å². The van der Waals surface area contributed by atoms with E-state index in [0.717, 1.165) is 5.56 Å². The maximum atomic E-state index is 12.6. The van der Waals surface area contributed by atoms with Gasteiger partial charge < -0.3 is 15.4 Å². The maximum Gasteiger partial charge on any atom is 0.265 e. The van der Waals surface area contributed by atoms with Crippen LogP contribution in [0.3, 0.4) is 0 Å². The Kier molecular flexibility index (Phi) is 6.26. The van der Waals surface area contributed by atoms with Crippen molar-refractivity contribution in [3.63, 3.8) is 0 Å². The Morgan fingerprint density at radius 1 is 1.00 bits per heavy atom. The van der Waals surface area contributed by atoms with E-state index in [0.29, 0.717) is 17.0 Å². The molecule has 1 atom stereocenters. The molecule has 0 aliphatic carbocycles. The number of anilines is 1. The Hall–Kier alpha value is -2.82. The van der Waals surface area contributed by atoms with Gasteiger partial charge in [0.25, 0.3) is 11.8 Å². The lowest BCUT2D eigenvalue weighted by Gasteiger charge is -2.22. The van der Waals surface area contributed by atoms with Gasteiger partial charge in [0, 0.05) is 5.54 Å². The van der Waals surface area contributed by atoms with E-state index in [2.05, 4.69) is 10.6 Å². The van der Waals surface area contributed by atoms with Crippen LogP contribution < -0.4 is 15.4 Å². The minimum atomic E-state index is -0.703. The standard InChI is InChI=1S/C22H28N2O3/c1-14-11-12-17(13-15(14)2)27-16(3)20(25)23-19-10-8-7-9-18(19)21(26)24-22(4,5)6/h7-13,16H,1-6H3,(H,23,25)(H,24,26)/t16-/m0/s1. The molecule has 0 aromatic heterocycles. The molecule has 0 spiro atoms. The van der Waals surface area contributed by atoms with E-state index in [9.17, 15) is 9.59 Å². The van der Waals surface area contributed by atoms with E-state index in [1.54, 1.807) is 31.2 Å². The molecule has 0 unspecified atom stereocenters. The van der Waals surface area contributed by atoms with Gasteiger partial charge >= 0.3 is 0 Å². The van der Waals surface area contributed by atoms with Gasteiger partial charge in [-0.1, -0.05) is 18.2 Å². The van der Waals surface area contributed by atoms with Crippen LogP contribution in [0.2, 0.25) is 0 Å². The molecular weight excluding hydrogens is 340 g/mol. The molecule has 0 aliphatic heterocycles. The first kappa shape index (κ1) is 20.5. The first-order valence-electron chi connectivity index (χ1n) is 9.03. The van der Waals surface area contributed by atoms with Gasteiger partial charge in [0.1, 0.15) is 5.75 Å². The first-order chi connectivity index (χ1) is 12.6. The van der Waals surface area contributed by atoms with Gasteiger partial charge in [-0.3, -0.25) is 9.59 Å². The molecule has 0 aliphatic rings. The van der Waals surface area contributed by atoms with Crippen LogP contribution in [0, 0.1) is 13.8 Å². The second-order valence-electron chi connectivity index (χ2n) is 7.75. The van der Waals surface area contributed by atoms with Gasteiger partial charge in [-0.05, 0) is 76.9 Å². The van der Waals surface area contributed by atoms with Crippen molar-refractivity contribution in [2.45, 2.75) is 53.2 Å². The van der Waals surface area contributed by atoms with Crippen molar-refractivity contribution < 1.29 is 14.3 Å².